The number of hydrogen-bond acceptors (Lipinski definition) is 3. The average molecular weight is 253 g/mol. The maximum Gasteiger partial charge on any atom is 0.133 e. The third kappa shape index (κ3) is 2.32. The summed E-state index contributed by atoms with van der Waals surface area (Å²) in [4.78, 5) is 5.60. The van der Waals surface area contributed by atoms with Crippen LogP contribution in [0.4, 0.5) is 0 Å². The first-order chi connectivity index (χ1) is 7.74. The van der Waals surface area contributed by atoms with E-state index in [4.69, 9.17) is 17.3 Å². The van der Waals surface area contributed by atoms with Gasteiger partial charge in [0.25, 0.3) is 0 Å². The molecule has 84 valence electrons. The lowest BCUT2D eigenvalue weighted by Gasteiger charge is -2.05. The van der Waals surface area contributed by atoms with Crippen molar-refractivity contribution in [1.29, 1.82) is 0 Å². The summed E-state index contributed by atoms with van der Waals surface area (Å²) in [6, 6.07) is 8.29. The third-order valence-corrected chi connectivity index (χ3v) is 3.52. The van der Waals surface area contributed by atoms with Gasteiger partial charge in [0, 0.05) is 10.3 Å². The van der Waals surface area contributed by atoms with Crippen molar-refractivity contribution in [1.82, 2.24) is 4.98 Å². The Morgan fingerprint density at radius 2 is 2.19 bits per heavy atom. The van der Waals surface area contributed by atoms with Gasteiger partial charge in [-0.2, -0.15) is 0 Å². The van der Waals surface area contributed by atoms with Gasteiger partial charge in [-0.3, -0.25) is 0 Å². The van der Waals surface area contributed by atoms with Crippen molar-refractivity contribution in [2.24, 2.45) is 5.73 Å². The molecule has 16 heavy (non-hydrogen) atoms. The SMILES string of the molecule is CSc1ccc2cc(CCN)c(Cl)nc2c1. The molecular formula is C12H13ClN2S. The highest BCUT2D eigenvalue weighted by Crippen LogP contribution is 2.24. The lowest BCUT2D eigenvalue weighted by Crippen LogP contribution is -2.03. The monoisotopic (exact) mass is 252 g/mol. The van der Waals surface area contributed by atoms with Crippen LogP contribution in [0.3, 0.4) is 0 Å². The number of rotatable bonds is 3. The molecule has 1 aromatic carbocycles. The zero-order valence-corrected chi connectivity index (χ0v) is 10.6. The van der Waals surface area contributed by atoms with Crippen molar-refractivity contribution in [2.75, 3.05) is 12.8 Å². The topological polar surface area (TPSA) is 38.9 Å². The molecule has 0 saturated heterocycles. The van der Waals surface area contributed by atoms with Crippen LogP contribution in [0.2, 0.25) is 5.15 Å². The summed E-state index contributed by atoms with van der Waals surface area (Å²) in [5.74, 6) is 0. The minimum atomic E-state index is 0.566. The van der Waals surface area contributed by atoms with E-state index in [0.29, 0.717) is 11.7 Å². The maximum absolute atomic E-state index is 6.10. The fourth-order valence-electron chi connectivity index (χ4n) is 1.62. The number of halogens is 1. The van der Waals surface area contributed by atoms with Gasteiger partial charge in [-0.15, -0.1) is 11.8 Å². The highest BCUT2D eigenvalue weighted by Gasteiger charge is 2.04. The van der Waals surface area contributed by atoms with Crippen LogP contribution in [0, 0.1) is 0 Å². The second-order valence-electron chi connectivity index (χ2n) is 3.54. The van der Waals surface area contributed by atoms with Gasteiger partial charge in [0.05, 0.1) is 5.52 Å². The van der Waals surface area contributed by atoms with Crippen molar-refractivity contribution >= 4 is 34.3 Å². The number of aromatic nitrogens is 1. The highest BCUT2D eigenvalue weighted by molar-refractivity contribution is 7.98. The Morgan fingerprint density at radius 1 is 1.38 bits per heavy atom. The third-order valence-electron chi connectivity index (χ3n) is 2.46. The number of hydrogen-bond donors (Lipinski definition) is 1. The predicted molar refractivity (Wildman–Crippen MR) is 71.3 cm³/mol. The molecular weight excluding hydrogens is 240 g/mol. The van der Waals surface area contributed by atoms with E-state index < -0.39 is 0 Å². The van der Waals surface area contributed by atoms with E-state index in [-0.39, 0.29) is 0 Å². The van der Waals surface area contributed by atoms with Crippen LogP contribution in [-0.2, 0) is 6.42 Å². The van der Waals surface area contributed by atoms with E-state index in [2.05, 4.69) is 29.2 Å². The summed E-state index contributed by atoms with van der Waals surface area (Å²) in [6.07, 6.45) is 2.82. The number of fused-ring (bicyclic) bond motifs is 1. The Bertz CT molecular complexity index is 514. The molecule has 0 saturated carbocycles. The number of nitrogens with zero attached hydrogens (tertiary/aromatic N) is 1. The van der Waals surface area contributed by atoms with E-state index in [1.165, 1.54) is 4.90 Å². The van der Waals surface area contributed by atoms with Gasteiger partial charge >= 0.3 is 0 Å². The minimum Gasteiger partial charge on any atom is -0.330 e. The molecule has 0 atom stereocenters. The van der Waals surface area contributed by atoms with Crippen molar-refractivity contribution in [3.63, 3.8) is 0 Å². The van der Waals surface area contributed by atoms with Crippen LogP contribution < -0.4 is 5.73 Å². The van der Waals surface area contributed by atoms with Gasteiger partial charge in [0.2, 0.25) is 0 Å². The number of benzene rings is 1. The summed E-state index contributed by atoms with van der Waals surface area (Å²) in [5, 5.41) is 1.68. The van der Waals surface area contributed by atoms with E-state index in [1.54, 1.807) is 11.8 Å². The molecule has 0 fully saturated rings. The number of nitrogens with two attached hydrogens (primary N) is 1. The Hall–Kier alpha value is -0.770. The molecule has 2 N–H and O–H groups in total. The van der Waals surface area contributed by atoms with Gasteiger partial charge in [-0.1, -0.05) is 17.7 Å². The maximum atomic E-state index is 6.10. The molecule has 0 amide bonds. The smallest absolute Gasteiger partial charge is 0.133 e. The van der Waals surface area contributed by atoms with E-state index in [0.717, 1.165) is 22.9 Å². The predicted octanol–water partition coefficient (Wildman–Crippen LogP) is 3.11. The molecule has 0 spiro atoms. The van der Waals surface area contributed by atoms with Crippen molar-refractivity contribution < 1.29 is 0 Å². The van der Waals surface area contributed by atoms with Crippen molar-refractivity contribution in [3.8, 4) is 0 Å². The summed E-state index contributed by atoms with van der Waals surface area (Å²) in [7, 11) is 0. The first-order valence-electron chi connectivity index (χ1n) is 5.08. The molecule has 2 nitrogen and oxygen atoms in total. The fraction of sp³-hybridized carbons (Fsp3) is 0.250. The molecule has 0 radical (unpaired) electrons. The Morgan fingerprint density at radius 3 is 2.88 bits per heavy atom. The molecule has 1 heterocycles. The number of thioether (sulfide) groups is 1. The van der Waals surface area contributed by atoms with E-state index in [9.17, 15) is 0 Å². The van der Waals surface area contributed by atoms with Gasteiger partial charge < -0.3 is 5.73 Å². The first kappa shape index (κ1) is 11.7. The molecule has 0 aliphatic carbocycles. The molecule has 1 aromatic heterocycles. The Balaban J connectivity index is 2.55. The summed E-state index contributed by atoms with van der Waals surface area (Å²) in [5.41, 5.74) is 7.49. The summed E-state index contributed by atoms with van der Waals surface area (Å²) < 4.78 is 0. The number of pyridine rings is 1. The lowest BCUT2D eigenvalue weighted by molar-refractivity contribution is 0.963. The molecule has 2 aromatic rings. The molecule has 0 aliphatic heterocycles. The van der Waals surface area contributed by atoms with Crippen LogP contribution in [0.15, 0.2) is 29.2 Å². The Labute approximate surface area is 104 Å². The van der Waals surface area contributed by atoms with Crippen LogP contribution in [0.25, 0.3) is 10.9 Å². The average Bonchev–Trinajstić information content (AvgIpc) is 2.30. The quantitative estimate of drug-likeness (QED) is 0.674. The molecule has 2 rings (SSSR count). The van der Waals surface area contributed by atoms with Crippen LogP contribution >= 0.6 is 23.4 Å². The molecule has 0 unspecified atom stereocenters. The standard InChI is InChI=1S/C12H13ClN2S/c1-16-10-3-2-8-6-9(4-5-14)12(13)15-11(8)7-10/h2-3,6-7H,4-5,14H2,1H3. The van der Waals surface area contributed by atoms with Gasteiger partial charge in [-0.05, 0) is 43.0 Å². The zero-order chi connectivity index (χ0) is 11.5. The molecule has 0 bridgehead atoms. The zero-order valence-electron chi connectivity index (χ0n) is 9.03. The fourth-order valence-corrected chi connectivity index (χ4v) is 2.30. The van der Waals surface area contributed by atoms with Crippen LogP contribution in [0.5, 0.6) is 0 Å². The second kappa shape index (κ2) is 5.04. The highest BCUT2D eigenvalue weighted by atomic mass is 35.5. The van der Waals surface area contributed by atoms with Crippen LogP contribution in [0.1, 0.15) is 5.56 Å². The van der Waals surface area contributed by atoms with E-state index in [1.807, 2.05) is 6.26 Å². The van der Waals surface area contributed by atoms with Crippen molar-refractivity contribution in [3.05, 3.63) is 35.0 Å². The molecule has 0 aliphatic rings. The largest absolute Gasteiger partial charge is 0.330 e. The lowest BCUT2D eigenvalue weighted by atomic mass is 10.1. The summed E-state index contributed by atoms with van der Waals surface area (Å²) in [6.45, 7) is 0.593. The van der Waals surface area contributed by atoms with Gasteiger partial charge in [-0.25, -0.2) is 4.98 Å². The van der Waals surface area contributed by atoms with Crippen molar-refractivity contribution in [2.45, 2.75) is 11.3 Å². The minimum absolute atomic E-state index is 0.566. The first-order valence-corrected chi connectivity index (χ1v) is 6.68. The van der Waals surface area contributed by atoms with E-state index >= 15 is 0 Å². The summed E-state index contributed by atoms with van der Waals surface area (Å²) >= 11 is 7.80. The normalized spacial score (nSPS) is 10.9. The Kier molecular flexibility index (Phi) is 3.69. The molecule has 4 heteroatoms. The van der Waals surface area contributed by atoms with Gasteiger partial charge in [0.1, 0.15) is 5.15 Å². The van der Waals surface area contributed by atoms with Crippen LogP contribution in [-0.4, -0.2) is 17.8 Å². The van der Waals surface area contributed by atoms with Gasteiger partial charge in [0.15, 0.2) is 0 Å². The second-order valence-corrected chi connectivity index (χ2v) is 4.77.